The zero-order chi connectivity index (χ0) is 9.97. The van der Waals surface area contributed by atoms with Gasteiger partial charge < -0.3 is 9.67 Å². The molecule has 0 unspecified atom stereocenters. The van der Waals surface area contributed by atoms with Gasteiger partial charge in [0, 0.05) is 24.5 Å². The third kappa shape index (κ3) is 1.62. The summed E-state index contributed by atoms with van der Waals surface area (Å²) in [5, 5.41) is 9.53. The molecule has 1 aliphatic rings. The number of aliphatic hydroxyl groups excluding tert-OH is 1. The maximum absolute atomic E-state index is 9.53. The molecule has 0 atom stereocenters. The van der Waals surface area contributed by atoms with Gasteiger partial charge in [-0.05, 0) is 18.6 Å². The zero-order valence-electron chi connectivity index (χ0n) is 8.01. The summed E-state index contributed by atoms with van der Waals surface area (Å²) in [6, 6.07) is 0. The van der Waals surface area contributed by atoms with Crippen molar-refractivity contribution in [1.29, 1.82) is 0 Å². The SMILES string of the molecule is CC1=C(O)CC=C(n2ccnc2)C=C1. The quantitative estimate of drug-likeness (QED) is 0.735. The third-order valence-electron chi connectivity index (χ3n) is 2.27. The molecule has 1 aliphatic carbocycles. The van der Waals surface area contributed by atoms with Crippen LogP contribution in [-0.2, 0) is 0 Å². The van der Waals surface area contributed by atoms with Gasteiger partial charge in [-0.2, -0.15) is 0 Å². The number of aromatic nitrogens is 2. The number of allylic oxidation sites excluding steroid dienone is 5. The Kier molecular flexibility index (Phi) is 2.23. The molecule has 14 heavy (non-hydrogen) atoms. The van der Waals surface area contributed by atoms with E-state index in [0.29, 0.717) is 12.2 Å². The summed E-state index contributed by atoms with van der Waals surface area (Å²) in [4.78, 5) is 3.98. The van der Waals surface area contributed by atoms with Gasteiger partial charge >= 0.3 is 0 Å². The molecule has 1 heterocycles. The fraction of sp³-hybridized carbons (Fsp3) is 0.182. The van der Waals surface area contributed by atoms with Crippen LogP contribution in [0, 0.1) is 0 Å². The first-order valence-corrected chi connectivity index (χ1v) is 4.52. The van der Waals surface area contributed by atoms with E-state index in [-0.39, 0.29) is 0 Å². The van der Waals surface area contributed by atoms with Gasteiger partial charge in [-0.1, -0.05) is 12.2 Å². The fourth-order valence-electron chi connectivity index (χ4n) is 1.34. The standard InChI is InChI=1S/C11H12N2O/c1-9-2-3-10(4-5-11(9)14)13-7-6-12-8-13/h2-4,6-8,14H,5H2,1H3. The molecule has 0 aliphatic heterocycles. The Labute approximate surface area is 82.7 Å². The lowest BCUT2D eigenvalue weighted by Crippen LogP contribution is -1.89. The summed E-state index contributed by atoms with van der Waals surface area (Å²) in [5.74, 6) is 0.427. The Morgan fingerprint density at radius 1 is 1.43 bits per heavy atom. The molecule has 0 amide bonds. The van der Waals surface area contributed by atoms with Crippen molar-refractivity contribution in [3.8, 4) is 0 Å². The normalized spacial score (nSPS) is 16.8. The predicted octanol–water partition coefficient (Wildman–Crippen LogP) is 2.52. The lowest BCUT2D eigenvalue weighted by Gasteiger charge is -2.00. The van der Waals surface area contributed by atoms with E-state index < -0.39 is 0 Å². The molecule has 0 bridgehead atoms. The van der Waals surface area contributed by atoms with Gasteiger partial charge in [-0.25, -0.2) is 4.98 Å². The Bertz CT molecular complexity index is 411. The topological polar surface area (TPSA) is 38.0 Å². The van der Waals surface area contributed by atoms with Crippen LogP contribution in [0.2, 0.25) is 0 Å². The van der Waals surface area contributed by atoms with Crippen LogP contribution in [0.15, 0.2) is 48.3 Å². The number of imidazole rings is 1. The van der Waals surface area contributed by atoms with Crippen LogP contribution >= 0.6 is 0 Å². The van der Waals surface area contributed by atoms with Gasteiger partial charge in [0.1, 0.15) is 0 Å². The Morgan fingerprint density at radius 3 is 3.00 bits per heavy atom. The second-order valence-electron chi connectivity index (χ2n) is 3.27. The van der Waals surface area contributed by atoms with Crippen LogP contribution in [0.5, 0.6) is 0 Å². The summed E-state index contributed by atoms with van der Waals surface area (Å²) in [6.45, 7) is 1.90. The molecule has 1 N–H and O–H groups in total. The molecule has 0 saturated heterocycles. The molecule has 3 heteroatoms. The minimum atomic E-state index is 0.427. The molecule has 0 fully saturated rings. The van der Waals surface area contributed by atoms with E-state index in [9.17, 15) is 5.11 Å². The Balaban J connectivity index is 2.31. The monoisotopic (exact) mass is 188 g/mol. The molecule has 3 nitrogen and oxygen atoms in total. The molecule has 2 rings (SSSR count). The van der Waals surface area contributed by atoms with Gasteiger partial charge in [0.05, 0.1) is 12.1 Å². The Morgan fingerprint density at radius 2 is 2.29 bits per heavy atom. The van der Waals surface area contributed by atoms with E-state index in [1.165, 1.54) is 0 Å². The molecule has 0 spiro atoms. The van der Waals surface area contributed by atoms with E-state index in [4.69, 9.17) is 0 Å². The van der Waals surface area contributed by atoms with Crippen LogP contribution < -0.4 is 0 Å². The van der Waals surface area contributed by atoms with Crippen LogP contribution in [0.3, 0.4) is 0 Å². The minimum Gasteiger partial charge on any atom is -0.512 e. The molecule has 1 aromatic heterocycles. The first kappa shape index (κ1) is 8.81. The average Bonchev–Trinajstić information content (AvgIpc) is 2.65. The molecule has 0 aromatic carbocycles. The van der Waals surface area contributed by atoms with Gasteiger partial charge in [-0.15, -0.1) is 0 Å². The smallest absolute Gasteiger partial charge is 0.0991 e. The molecule has 0 saturated carbocycles. The highest BCUT2D eigenvalue weighted by atomic mass is 16.3. The maximum Gasteiger partial charge on any atom is 0.0991 e. The second kappa shape index (κ2) is 3.54. The van der Waals surface area contributed by atoms with E-state index in [1.807, 2.05) is 35.9 Å². The largest absolute Gasteiger partial charge is 0.512 e. The third-order valence-corrected chi connectivity index (χ3v) is 2.27. The van der Waals surface area contributed by atoms with Gasteiger partial charge in [0.15, 0.2) is 0 Å². The molecular weight excluding hydrogens is 176 g/mol. The van der Waals surface area contributed by atoms with Crippen molar-refractivity contribution >= 4 is 5.70 Å². The number of rotatable bonds is 1. The van der Waals surface area contributed by atoms with Crippen molar-refractivity contribution < 1.29 is 5.11 Å². The molecule has 72 valence electrons. The Hall–Kier alpha value is -1.77. The summed E-state index contributed by atoms with van der Waals surface area (Å²) in [5.41, 5.74) is 1.95. The average molecular weight is 188 g/mol. The zero-order valence-corrected chi connectivity index (χ0v) is 8.01. The lowest BCUT2D eigenvalue weighted by molar-refractivity contribution is 0.396. The second-order valence-corrected chi connectivity index (χ2v) is 3.27. The van der Waals surface area contributed by atoms with Gasteiger partial charge in [-0.3, -0.25) is 0 Å². The van der Waals surface area contributed by atoms with Crippen molar-refractivity contribution in [3.05, 3.63) is 48.3 Å². The summed E-state index contributed by atoms with van der Waals surface area (Å²) in [7, 11) is 0. The summed E-state index contributed by atoms with van der Waals surface area (Å²) < 4.78 is 1.92. The predicted molar refractivity (Wildman–Crippen MR) is 55.6 cm³/mol. The number of hydrogen-bond acceptors (Lipinski definition) is 2. The van der Waals surface area contributed by atoms with E-state index >= 15 is 0 Å². The van der Waals surface area contributed by atoms with Gasteiger partial charge in [0.25, 0.3) is 0 Å². The number of nitrogens with zero attached hydrogens (tertiary/aromatic N) is 2. The van der Waals surface area contributed by atoms with Crippen LogP contribution in [0.1, 0.15) is 13.3 Å². The minimum absolute atomic E-state index is 0.427. The lowest BCUT2D eigenvalue weighted by atomic mass is 10.2. The highest BCUT2D eigenvalue weighted by Crippen LogP contribution is 2.17. The van der Waals surface area contributed by atoms with Crippen molar-refractivity contribution in [2.45, 2.75) is 13.3 Å². The van der Waals surface area contributed by atoms with E-state index in [2.05, 4.69) is 4.98 Å². The molecule has 1 aromatic rings. The van der Waals surface area contributed by atoms with Crippen molar-refractivity contribution in [3.63, 3.8) is 0 Å². The summed E-state index contributed by atoms with van der Waals surface area (Å²) in [6.07, 6.45) is 11.8. The van der Waals surface area contributed by atoms with Crippen LogP contribution in [0.25, 0.3) is 5.70 Å². The first-order valence-electron chi connectivity index (χ1n) is 4.52. The highest BCUT2D eigenvalue weighted by molar-refractivity contribution is 5.59. The van der Waals surface area contributed by atoms with E-state index in [1.54, 1.807) is 12.5 Å². The molecular formula is C11H12N2O. The fourth-order valence-corrected chi connectivity index (χ4v) is 1.34. The first-order chi connectivity index (χ1) is 6.77. The van der Waals surface area contributed by atoms with Crippen LogP contribution in [0.4, 0.5) is 0 Å². The summed E-state index contributed by atoms with van der Waals surface area (Å²) >= 11 is 0. The van der Waals surface area contributed by atoms with E-state index in [0.717, 1.165) is 11.3 Å². The maximum atomic E-state index is 9.53. The van der Waals surface area contributed by atoms with Crippen LogP contribution in [-0.4, -0.2) is 14.7 Å². The van der Waals surface area contributed by atoms with Crippen molar-refractivity contribution in [2.24, 2.45) is 0 Å². The molecule has 0 radical (unpaired) electrons. The van der Waals surface area contributed by atoms with Gasteiger partial charge in [0.2, 0.25) is 0 Å². The number of aliphatic hydroxyl groups is 1. The van der Waals surface area contributed by atoms with Crippen molar-refractivity contribution in [1.82, 2.24) is 9.55 Å². The van der Waals surface area contributed by atoms with Crippen molar-refractivity contribution in [2.75, 3.05) is 0 Å². The highest BCUT2D eigenvalue weighted by Gasteiger charge is 2.03. The number of hydrogen-bond donors (Lipinski definition) is 1.